The van der Waals surface area contributed by atoms with E-state index in [0.29, 0.717) is 29.3 Å². The minimum Gasteiger partial charge on any atom is -0.494 e. The average molecular weight is 501 g/mol. The standard InChI is InChI=1S/C25H23F3N2O2.2C2H6/c1-4-8-22-21(6-3)23(29-18-10-7-9-17(16-18)25(26,27)28)24(31)30(22)19-11-13-20(14-12-19)32-15-5-2;2*1-2/h4,6-14,16H,1,5,15H2,2-3H3;2*1-2H3/b21-6+,22-8+,29-23?;;. The molecule has 1 saturated heterocycles. The first-order valence-corrected chi connectivity index (χ1v) is 12.1. The zero-order chi connectivity index (χ0) is 27.3. The van der Waals surface area contributed by atoms with Gasteiger partial charge in [-0.15, -0.1) is 0 Å². The second kappa shape index (κ2) is 14.7. The van der Waals surface area contributed by atoms with Crippen LogP contribution in [0.3, 0.4) is 0 Å². The van der Waals surface area contributed by atoms with Crippen LogP contribution in [0.2, 0.25) is 0 Å². The predicted molar refractivity (Wildman–Crippen MR) is 143 cm³/mol. The van der Waals surface area contributed by atoms with Crippen LogP contribution in [-0.2, 0) is 11.0 Å². The fourth-order valence-electron chi connectivity index (χ4n) is 3.29. The van der Waals surface area contributed by atoms with Crippen LogP contribution >= 0.6 is 0 Å². The number of carbonyl (C=O) groups is 1. The second-order valence-electron chi connectivity index (χ2n) is 6.98. The Labute approximate surface area is 212 Å². The molecule has 0 unspecified atom stereocenters. The SMILES string of the molecule is C=C/C=C1\C(=C/C)C(=Nc2cccc(C(F)(F)F)c2)C(=O)N1c1ccc(OCCC)cc1.CC.CC. The van der Waals surface area contributed by atoms with Crippen molar-refractivity contribution in [3.05, 3.63) is 90.2 Å². The van der Waals surface area contributed by atoms with Crippen LogP contribution in [0.1, 0.15) is 53.5 Å². The Morgan fingerprint density at radius 3 is 2.22 bits per heavy atom. The summed E-state index contributed by atoms with van der Waals surface area (Å²) in [6.45, 7) is 16.0. The van der Waals surface area contributed by atoms with Gasteiger partial charge in [0, 0.05) is 11.3 Å². The number of amides is 1. The molecule has 4 nitrogen and oxygen atoms in total. The fraction of sp³-hybridized carbons (Fsp3) is 0.310. The lowest BCUT2D eigenvalue weighted by Crippen LogP contribution is -2.26. The molecule has 0 atom stereocenters. The lowest BCUT2D eigenvalue weighted by atomic mass is 10.1. The van der Waals surface area contributed by atoms with Gasteiger partial charge in [0.25, 0.3) is 5.91 Å². The van der Waals surface area contributed by atoms with E-state index in [4.69, 9.17) is 4.74 Å². The molecule has 3 rings (SSSR count). The van der Waals surface area contributed by atoms with Crippen LogP contribution in [0.4, 0.5) is 24.5 Å². The Morgan fingerprint density at radius 2 is 1.69 bits per heavy atom. The fourth-order valence-corrected chi connectivity index (χ4v) is 3.29. The Kier molecular flexibility index (Phi) is 12.4. The molecule has 7 heteroatoms. The van der Waals surface area contributed by atoms with Gasteiger partial charge in [-0.25, -0.2) is 4.99 Å². The van der Waals surface area contributed by atoms with Crippen LogP contribution in [0, 0.1) is 0 Å². The maximum Gasteiger partial charge on any atom is 0.416 e. The lowest BCUT2D eigenvalue weighted by Gasteiger charge is -2.18. The minimum atomic E-state index is -4.50. The number of hydrogen-bond acceptors (Lipinski definition) is 3. The van der Waals surface area contributed by atoms with Crippen molar-refractivity contribution < 1.29 is 22.7 Å². The Hall–Kier alpha value is -3.61. The zero-order valence-electron chi connectivity index (χ0n) is 21.8. The highest BCUT2D eigenvalue weighted by molar-refractivity contribution is 6.55. The van der Waals surface area contributed by atoms with E-state index < -0.39 is 17.6 Å². The Morgan fingerprint density at radius 1 is 1.06 bits per heavy atom. The van der Waals surface area contributed by atoms with Gasteiger partial charge in [-0.2, -0.15) is 13.2 Å². The quantitative estimate of drug-likeness (QED) is 0.398. The summed E-state index contributed by atoms with van der Waals surface area (Å²) < 4.78 is 44.9. The number of anilines is 1. The summed E-state index contributed by atoms with van der Waals surface area (Å²) >= 11 is 0. The van der Waals surface area contributed by atoms with Crippen molar-refractivity contribution in [1.29, 1.82) is 0 Å². The molecular formula is C29H35F3N2O2. The predicted octanol–water partition coefficient (Wildman–Crippen LogP) is 8.68. The minimum absolute atomic E-state index is 0.0469. The van der Waals surface area contributed by atoms with E-state index in [1.807, 2.05) is 34.6 Å². The zero-order valence-corrected chi connectivity index (χ0v) is 21.8. The van der Waals surface area contributed by atoms with E-state index in [-0.39, 0.29) is 11.4 Å². The second-order valence-corrected chi connectivity index (χ2v) is 6.98. The van der Waals surface area contributed by atoms with Crippen molar-refractivity contribution >= 4 is 23.0 Å². The highest BCUT2D eigenvalue weighted by atomic mass is 19.4. The van der Waals surface area contributed by atoms with Gasteiger partial charge in [0.2, 0.25) is 0 Å². The van der Waals surface area contributed by atoms with Crippen molar-refractivity contribution in [2.45, 2.75) is 54.1 Å². The van der Waals surface area contributed by atoms with Gasteiger partial charge in [0.1, 0.15) is 11.5 Å². The first-order valence-electron chi connectivity index (χ1n) is 12.1. The molecule has 0 radical (unpaired) electrons. The molecule has 194 valence electrons. The van der Waals surface area contributed by atoms with Crippen LogP contribution in [-0.4, -0.2) is 18.2 Å². The summed E-state index contributed by atoms with van der Waals surface area (Å²) in [6, 6.07) is 11.6. The largest absolute Gasteiger partial charge is 0.494 e. The Bertz CT molecular complexity index is 1100. The molecule has 2 aromatic carbocycles. The number of ether oxygens (including phenoxy) is 1. The summed E-state index contributed by atoms with van der Waals surface area (Å²) in [6.07, 6.45) is 1.30. The van der Waals surface area contributed by atoms with E-state index in [0.717, 1.165) is 18.6 Å². The summed E-state index contributed by atoms with van der Waals surface area (Å²) in [4.78, 5) is 19.1. The lowest BCUT2D eigenvalue weighted by molar-refractivity contribution is -0.137. The molecule has 1 fully saturated rings. The maximum atomic E-state index is 13.3. The number of rotatable bonds is 6. The van der Waals surface area contributed by atoms with Crippen LogP contribution in [0.5, 0.6) is 5.75 Å². The molecule has 1 aliphatic heterocycles. The van der Waals surface area contributed by atoms with Gasteiger partial charge in [0.05, 0.1) is 23.6 Å². The summed E-state index contributed by atoms with van der Waals surface area (Å²) in [5.41, 5.74) is 0.921. The smallest absolute Gasteiger partial charge is 0.416 e. The maximum absolute atomic E-state index is 13.3. The third kappa shape index (κ3) is 7.44. The summed E-state index contributed by atoms with van der Waals surface area (Å²) in [5.74, 6) is 0.242. The first kappa shape index (κ1) is 30.4. The average Bonchev–Trinajstić information content (AvgIpc) is 3.15. The third-order valence-electron chi connectivity index (χ3n) is 4.72. The number of hydrogen-bond donors (Lipinski definition) is 0. The van der Waals surface area contributed by atoms with Gasteiger partial charge in [0.15, 0.2) is 0 Å². The van der Waals surface area contributed by atoms with E-state index in [1.54, 1.807) is 49.4 Å². The van der Waals surface area contributed by atoms with Crippen molar-refractivity contribution in [2.75, 3.05) is 11.5 Å². The van der Waals surface area contributed by atoms with E-state index in [9.17, 15) is 18.0 Å². The van der Waals surface area contributed by atoms with Gasteiger partial charge >= 0.3 is 6.18 Å². The molecule has 1 heterocycles. The van der Waals surface area contributed by atoms with Crippen LogP contribution < -0.4 is 9.64 Å². The van der Waals surface area contributed by atoms with Crippen LogP contribution in [0.15, 0.2) is 89.6 Å². The number of halogens is 3. The van der Waals surface area contributed by atoms with E-state index in [1.165, 1.54) is 17.0 Å². The molecule has 0 saturated carbocycles. The summed E-state index contributed by atoms with van der Waals surface area (Å²) in [5, 5.41) is 0. The molecule has 0 aliphatic carbocycles. The summed E-state index contributed by atoms with van der Waals surface area (Å²) in [7, 11) is 0. The highest BCUT2D eigenvalue weighted by Gasteiger charge is 2.37. The monoisotopic (exact) mass is 500 g/mol. The highest BCUT2D eigenvalue weighted by Crippen LogP contribution is 2.36. The molecule has 0 N–H and O–H groups in total. The number of aliphatic imine (C=N–C) groups is 1. The molecule has 0 aromatic heterocycles. The number of carbonyl (C=O) groups excluding carboxylic acids is 1. The van der Waals surface area contributed by atoms with E-state index >= 15 is 0 Å². The molecule has 0 bridgehead atoms. The van der Waals surface area contributed by atoms with Crippen molar-refractivity contribution in [1.82, 2.24) is 0 Å². The molecule has 2 aromatic rings. The van der Waals surface area contributed by atoms with Crippen LogP contribution in [0.25, 0.3) is 0 Å². The van der Waals surface area contributed by atoms with Gasteiger partial charge < -0.3 is 4.74 Å². The molecular weight excluding hydrogens is 465 g/mol. The number of nitrogens with zero attached hydrogens (tertiary/aromatic N) is 2. The third-order valence-corrected chi connectivity index (χ3v) is 4.72. The van der Waals surface area contributed by atoms with Gasteiger partial charge in [-0.05, 0) is 61.9 Å². The van der Waals surface area contributed by atoms with Gasteiger partial charge in [-0.3, -0.25) is 9.69 Å². The molecule has 1 amide bonds. The van der Waals surface area contributed by atoms with Crippen molar-refractivity contribution in [3.63, 3.8) is 0 Å². The number of allylic oxidation sites excluding steroid dienone is 4. The topological polar surface area (TPSA) is 41.9 Å². The normalized spacial score (nSPS) is 16.4. The Balaban J connectivity index is 0.00000154. The van der Waals surface area contributed by atoms with E-state index in [2.05, 4.69) is 11.6 Å². The van der Waals surface area contributed by atoms with Crippen molar-refractivity contribution in [3.8, 4) is 5.75 Å². The van der Waals surface area contributed by atoms with Crippen molar-refractivity contribution in [2.24, 2.45) is 4.99 Å². The number of benzene rings is 2. The number of alkyl halides is 3. The first-order chi connectivity index (χ1) is 17.3. The molecule has 36 heavy (non-hydrogen) atoms. The molecule has 0 spiro atoms. The van der Waals surface area contributed by atoms with Gasteiger partial charge in [-0.1, -0.05) is 59.4 Å². The molecule has 1 aliphatic rings.